The Bertz CT molecular complexity index is 431. The highest BCUT2D eigenvalue weighted by atomic mass is 32.2. The molecule has 1 saturated carbocycles. The predicted molar refractivity (Wildman–Crippen MR) is 66.5 cm³/mol. The van der Waals surface area contributed by atoms with Gasteiger partial charge in [-0.1, -0.05) is 32.0 Å². The summed E-state index contributed by atoms with van der Waals surface area (Å²) >= 11 is 1.83. The van der Waals surface area contributed by atoms with Crippen LogP contribution in [-0.4, -0.2) is 11.3 Å². The van der Waals surface area contributed by atoms with Crippen LogP contribution < -0.4 is 0 Å². The zero-order valence-electron chi connectivity index (χ0n) is 9.56. The topological polar surface area (TPSA) is 29.4 Å². The van der Waals surface area contributed by atoms with Crippen molar-refractivity contribution in [3.63, 3.8) is 0 Å². The number of rotatable bonds is 4. The van der Waals surface area contributed by atoms with Gasteiger partial charge >= 0.3 is 0 Å². The first kappa shape index (κ1) is 11.4. The van der Waals surface area contributed by atoms with Crippen LogP contribution in [-0.2, 0) is 10.3 Å². The Balaban J connectivity index is 2.37. The van der Waals surface area contributed by atoms with Crippen LogP contribution in [0, 0.1) is 0 Å². The molecule has 0 amide bonds. The van der Waals surface area contributed by atoms with Crippen molar-refractivity contribution < 1.29 is 4.79 Å². The number of benzene rings is 1. The van der Waals surface area contributed by atoms with E-state index in [-0.39, 0.29) is 5.54 Å². The molecule has 0 bridgehead atoms. The van der Waals surface area contributed by atoms with E-state index < -0.39 is 0 Å². The first-order valence-electron chi connectivity index (χ1n) is 5.53. The Morgan fingerprint density at radius 3 is 2.62 bits per heavy atom. The highest BCUT2D eigenvalue weighted by molar-refractivity contribution is 8.00. The molecule has 0 radical (unpaired) electrons. The largest absolute Gasteiger partial charge is 0.235 e. The van der Waals surface area contributed by atoms with Crippen LogP contribution in [0.3, 0.4) is 0 Å². The Morgan fingerprint density at radius 2 is 2.06 bits per heavy atom. The third-order valence-corrected chi connectivity index (χ3v) is 3.82. The van der Waals surface area contributed by atoms with Gasteiger partial charge in [0, 0.05) is 10.1 Å². The molecule has 84 valence electrons. The maximum atomic E-state index is 10.5. The van der Waals surface area contributed by atoms with E-state index in [4.69, 9.17) is 0 Å². The number of nitrogens with zero attached hydrogens (tertiary/aromatic N) is 1. The summed E-state index contributed by atoms with van der Waals surface area (Å²) < 4.78 is 0. The normalized spacial score (nSPS) is 16.9. The molecule has 1 aliphatic carbocycles. The molecule has 1 aliphatic rings. The molecule has 0 aliphatic heterocycles. The fourth-order valence-corrected chi connectivity index (χ4v) is 2.90. The number of carbonyl (C=O) groups excluding carboxylic acids is 1. The van der Waals surface area contributed by atoms with E-state index in [0.29, 0.717) is 5.25 Å². The van der Waals surface area contributed by atoms with Gasteiger partial charge in [-0.15, -0.1) is 11.8 Å². The van der Waals surface area contributed by atoms with Crippen LogP contribution in [0.5, 0.6) is 0 Å². The summed E-state index contributed by atoms with van der Waals surface area (Å²) in [5.74, 6) is 0. The average Bonchev–Trinajstić information content (AvgIpc) is 2.99. The Morgan fingerprint density at radius 1 is 1.38 bits per heavy atom. The molecule has 2 rings (SSSR count). The molecule has 0 N–H and O–H groups in total. The lowest BCUT2D eigenvalue weighted by molar-refractivity contribution is 0.555. The number of hydrogen-bond donors (Lipinski definition) is 0. The van der Waals surface area contributed by atoms with Crippen LogP contribution in [0.2, 0.25) is 0 Å². The van der Waals surface area contributed by atoms with Gasteiger partial charge < -0.3 is 0 Å². The lowest BCUT2D eigenvalue weighted by Crippen LogP contribution is -2.04. The zero-order chi connectivity index (χ0) is 11.6. The minimum absolute atomic E-state index is 0.250. The standard InChI is InChI=1S/C13H15NOS/c1-10(2)16-12-6-4-3-5-11(12)13(7-8-13)14-9-15/h3-6,10H,7-8H2,1-2H3. The fourth-order valence-electron chi connectivity index (χ4n) is 1.85. The summed E-state index contributed by atoms with van der Waals surface area (Å²) in [6, 6.07) is 8.24. The van der Waals surface area contributed by atoms with Crippen molar-refractivity contribution in [3.8, 4) is 0 Å². The van der Waals surface area contributed by atoms with Gasteiger partial charge in [0.15, 0.2) is 0 Å². The summed E-state index contributed by atoms with van der Waals surface area (Å²) in [5, 5.41) is 0.539. The van der Waals surface area contributed by atoms with Gasteiger partial charge in [-0.25, -0.2) is 4.79 Å². The fraction of sp³-hybridized carbons (Fsp3) is 0.462. The predicted octanol–water partition coefficient (Wildman–Crippen LogP) is 3.51. The zero-order valence-corrected chi connectivity index (χ0v) is 10.4. The molecule has 3 heteroatoms. The Labute approximate surface area is 100 Å². The first-order chi connectivity index (χ1) is 7.68. The minimum atomic E-state index is -0.250. The SMILES string of the molecule is CC(C)Sc1ccccc1C1(N=C=O)CC1. The van der Waals surface area contributed by atoms with Crippen molar-refractivity contribution in [1.82, 2.24) is 0 Å². The van der Waals surface area contributed by atoms with Crippen LogP contribution >= 0.6 is 11.8 Å². The van der Waals surface area contributed by atoms with E-state index in [9.17, 15) is 4.79 Å². The van der Waals surface area contributed by atoms with E-state index in [1.807, 2.05) is 23.9 Å². The van der Waals surface area contributed by atoms with E-state index in [2.05, 4.69) is 31.0 Å². The lowest BCUT2D eigenvalue weighted by atomic mass is 10.1. The number of hydrogen-bond acceptors (Lipinski definition) is 3. The summed E-state index contributed by atoms with van der Waals surface area (Å²) in [4.78, 5) is 15.7. The second kappa shape index (κ2) is 4.44. The monoisotopic (exact) mass is 233 g/mol. The Kier molecular flexibility index (Phi) is 3.17. The van der Waals surface area contributed by atoms with Crippen LogP contribution in [0.15, 0.2) is 34.2 Å². The van der Waals surface area contributed by atoms with Gasteiger partial charge in [0.1, 0.15) is 0 Å². The van der Waals surface area contributed by atoms with Crippen molar-refractivity contribution in [3.05, 3.63) is 29.8 Å². The molecule has 0 spiro atoms. The van der Waals surface area contributed by atoms with E-state index in [1.165, 1.54) is 10.5 Å². The van der Waals surface area contributed by atoms with Gasteiger partial charge in [-0.05, 0) is 24.5 Å². The van der Waals surface area contributed by atoms with Gasteiger partial charge in [0.25, 0.3) is 0 Å². The number of thioether (sulfide) groups is 1. The third-order valence-electron chi connectivity index (χ3n) is 2.73. The molecule has 0 aromatic heterocycles. The van der Waals surface area contributed by atoms with E-state index in [0.717, 1.165) is 12.8 Å². The molecule has 1 aromatic rings. The molecular formula is C13H15NOS. The summed E-state index contributed by atoms with van der Waals surface area (Å²) in [5.41, 5.74) is 0.942. The van der Waals surface area contributed by atoms with E-state index >= 15 is 0 Å². The number of aliphatic imine (C=N–C) groups is 1. The number of isocyanates is 1. The summed E-state index contributed by atoms with van der Waals surface area (Å²) in [6.45, 7) is 4.34. The summed E-state index contributed by atoms with van der Waals surface area (Å²) in [7, 11) is 0. The van der Waals surface area contributed by atoms with Crippen molar-refractivity contribution in [2.75, 3.05) is 0 Å². The van der Waals surface area contributed by atoms with Gasteiger partial charge in [0.05, 0.1) is 5.54 Å². The molecule has 0 saturated heterocycles. The highest BCUT2D eigenvalue weighted by Gasteiger charge is 2.46. The van der Waals surface area contributed by atoms with Crippen LogP contribution in [0.25, 0.3) is 0 Å². The van der Waals surface area contributed by atoms with Crippen LogP contribution in [0.4, 0.5) is 0 Å². The average molecular weight is 233 g/mol. The van der Waals surface area contributed by atoms with Crippen molar-refractivity contribution >= 4 is 17.8 Å². The second-order valence-corrected chi connectivity index (χ2v) is 6.02. The summed E-state index contributed by atoms with van der Waals surface area (Å²) in [6.07, 6.45) is 3.66. The van der Waals surface area contributed by atoms with Gasteiger partial charge in [0.2, 0.25) is 6.08 Å². The molecule has 0 atom stereocenters. The van der Waals surface area contributed by atoms with Crippen LogP contribution in [0.1, 0.15) is 32.3 Å². The second-order valence-electron chi connectivity index (χ2n) is 4.40. The first-order valence-corrected chi connectivity index (χ1v) is 6.41. The van der Waals surface area contributed by atoms with Crippen molar-refractivity contribution in [2.24, 2.45) is 4.99 Å². The molecule has 1 fully saturated rings. The lowest BCUT2D eigenvalue weighted by Gasteiger charge is -2.15. The maximum Gasteiger partial charge on any atom is 0.235 e. The molecule has 0 heterocycles. The van der Waals surface area contributed by atoms with Crippen molar-refractivity contribution in [2.45, 2.75) is 42.4 Å². The molecule has 2 nitrogen and oxygen atoms in total. The van der Waals surface area contributed by atoms with E-state index in [1.54, 1.807) is 6.08 Å². The Hall–Kier alpha value is -1.05. The molecule has 0 unspecified atom stereocenters. The van der Waals surface area contributed by atoms with Gasteiger partial charge in [-0.2, -0.15) is 4.99 Å². The van der Waals surface area contributed by atoms with Crippen molar-refractivity contribution in [1.29, 1.82) is 0 Å². The van der Waals surface area contributed by atoms with Gasteiger partial charge in [-0.3, -0.25) is 0 Å². The minimum Gasteiger partial charge on any atom is -0.211 e. The maximum absolute atomic E-state index is 10.5. The quantitative estimate of drug-likeness (QED) is 0.452. The molecular weight excluding hydrogens is 218 g/mol. The third kappa shape index (κ3) is 2.21. The highest BCUT2D eigenvalue weighted by Crippen LogP contribution is 2.52. The molecule has 1 aromatic carbocycles. The smallest absolute Gasteiger partial charge is 0.211 e. The molecule has 16 heavy (non-hydrogen) atoms.